The van der Waals surface area contributed by atoms with E-state index in [1.165, 1.54) is 60.4 Å². The monoisotopic (exact) mass is 920 g/mol. The highest BCUT2D eigenvalue weighted by Gasteiger charge is 2.36. The summed E-state index contributed by atoms with van der Waals surface area (Å²) in [5.74, 6) is 0.685. The molecule has 4 heterocycles. The van der Waals surface area contributed by atoms with Gasteiger partial charge in [0, 0.05) is 71.9 Å². The lowest BCUT2D eigenvalue weighted by Gasteiger charge is -2.21. The average Bonchev–Trinajstić information content (AvgIpc) is 4.14. The number of fused-ring (bicyclic) bond motifs is 12. The number of hydrogen-bond acceptors (Lipinski definition) is 3. The first-order valence-electron chi connectivity index (χ1n) is 24.7. The van der Waals surface area contributed by atoms with Crippen LogP contribution in [0.1, 0.15) is 25.0 Å². The number of hydrogen-bond donors (Lipinski definition) is 0. The van der Waals surface area contributed by atoms with Crippen LogP contribution in [-0.2, 0) is 5.41 Å². The van der Waals surface area contributed by atoms with Gasteiger partial charge in [-0.2, -0.15) is 0 Å². The van der Waals surface area contributed by atoms with Crippen molar-refractivity contribution in [1.82, 2.24) is 19.1 Å². The van der Waals surface area contributed by atoms with Gasteiger partial charge in [-0.3, -0.25) is 0 Å². The second-order valence-electron chi connectivity index (χ2n) is 19.8. The van der Waals surface area contributed by atoms with Gasteiger partial charge in [-0.1, -0.05) is 147 Å². The van der Waals surface area contributed by atoms with E-state index in [1.807, 2.05) is 36.4 Å². The Bertz CT molecular complexity index is 4450. The van der Waals surface area contributed by atoms with E-state index in [-0.39, 0.29) is 5.41 Å². The fourth-order valence-electron chi connectivity index (χ4n) is 11.8. The van der Waals surface area contributed by atoms with Crippen molar-refractivity contribution in [3.8, 4) is 67.5 Å². The highest BCUT2D eigenvalue weighted by atomic mass is 16.3. The molecular weight excluding hydrogens is 877 g/mol. The third-order valence-electron chi connectivity index (χ3n) is 15.3. The molecule has 0 atom stereocenters. The SMILES string of the molecule is CC1(C)c2ccccc2-c2cc3c4cc(-c5ccc6oc7cc8c(cc7c6c5)c5ccccc5n8-c5ccc(-c6nc(-c7ccccc7)cc(-c7ccccc7)n6)cc5)ccc4n(-c4ccccc4)c3cc21. The van der Waals surface area contributed by atoms with Crippen molar-refractivity contribution < 1.29 is 4.42 Å². The smallest absolute Gasteiger partial charge is 0.160 e. The lowest BCUT2D eigenvalue weighted by atomic mass is 9.82. The Hall–Kier alpha value is -9.32. The predicted octanol–water partition coefficient (Wildman–Crippen LogP) is 17.5. The summed E-state index contributed by atoms with van der Waals surface area (Å²) in [6.45, 7) is 4.72. The molecule has 0 aliphatic heterocycles. The van der Waals surface area contributed by atoms with Gasteiger partial charge in [-0.15, -0.1) is 0 Å². The Morgan fingerprint density at radius 3 is 1.61 bits per heavy atom. The minimum absolute atomic E-state index is 0.0983. The lowest BCUT2D eigenvalue weighted by molar-refractivity contribution is 0.661. The van der Waals surface area contributed by atoms with E-state index in [2.05, 4.69) is 217 Å². The standard InChI is InChI=1S/C67H44N4O/c1-67(2)56-24-14-12-22-48(56)50-36-53-51-34-44(28-32-61(51)70(62(53)38-57(50)67)46-20-10-5-11-21-46)45-29-33-64-54(35-45)55-37-52-49-23-13-15-25-60(49)71(63(52)40-65(55)72-64)47-30-26-43(27-31-47)66-68-58(41-16-6-3-7-17-41)39-59(69-66)42-18-8-4-9-19-42/h3-40H,1-2H3. The van der Waals surface area contributed by atoms with Crippen molar-refractivity contribution in [2.24, 2.45) is 0 Å². The van der Waals surface area contributed by atoms with Crippen molar-refractivity contribution in [2.45, 2.75) is 19.3 Å². The van der Waals surface area contributed by atoms with Crippen LogP contribution >= 0.6 is 0 Å². The van der Waals surface area contributed by atoms with E-state index in [1.54, 1.807) is 0 Å². The van der Waals surface area contributed by atoms with Gasteiger partial charge >= 0.3 is 0 Å². The Kier molecular flexibility index (Phi) is 8.64. The van der Waals surface area contributed by atoms with Crippen molar-refractivity contribution in [3.63, 3.8) is 0 Å². The molecule has 10 aromatic carbocycles. The summed E-state index contributed by atoms with van der Waals surface area (Å²) >= 11 is 0. The van der Waals surface area contributed by atoms with Crippen molar-refractivity contribution in [1.29, 1.82) is 0 Å². The van der Waals surface area contributed by atoms with Crippen molar-refractivity contribution >= 4 is 65.6 Å². The molecule has 0 radical (unpaired) electrons. The molecule has 0 fully saturated rings. The van der Waals surface area contributed by atoms with Gasteiger partial charge < -0.3 is 13.6 Å². The van der Waals surface area contributed by atoms with Crippen LogP contribution in [0.2, 0.25) is 0 Å². The van der Waals surface area contributed by atoms with Gasteiger partial charge in [-0.05, 0) is 124 Å². The Labute approximate surface area is 415 Å². The fraction of sp³-hybridized carbons (Fsp3) is 0.0448. The summed E-state index contributed by atoms with van der Waals surface area (Å²) in [6, 6.07) is 82.9. The second-order valence-corrected chi connectivity index (χ2v) is 19.8. The van der Waals surface area contributed by atoms with Crippen LogP contribution in [0, 0.1) is 0 Å². The van der Waals surface area contributed by atoms with Crippen LogP contribution in [0.4, 0.5) is 0 Å². The number of furan rings is 1. The third kappa shape index (κ3) is 6.07. The molecule has 14 aromatic rings. The first kappa shape index (κ1) is 40.6. The van der Waals surface area contributed by atoms with Crippen LogP contribution < -0.4 is 0 Å². The van der Waals surface area contributed by atoms with Gasteiger partial charge in [0.25, 0.3) is 0 Å². The van der Waals surface area contributed by atoms with Crippen molar-refractivity contribution in [2.75, 3.05) is 0 Å². The fourth-order valence-corrected chi connectivity index (χ4v) is 11.8. The maximum atomic E-state index is 6.75. The molecule has 0 saturated carbocycles. The van der Waals surface area contributed by atoms with Gasteiger partial charge in [0.05, 0.1) is 33.5 Å². The Morgan fingerprint density at radius 2 is 0.875 bits per heavy atom. The molecule has 1 aliphatic carbocycles. The Morgan fingerprint density at radius 1 is 0.333 bits per heavy atom. The topological polar surface area (TPSA) is 48.8 Å². The first-order valence-corrected chi connectivity index (χ1v) is 24.7. The molecule has 0 unspecified atom stereocenters. The molecule has 5 heteroatoms. The van der Waals surface area contributed by atoms with Crippen LogP contribution in [-0.4, -0.2) is 19.1 Å². The number of para-hydroxylation sites is 2. The summed E-state index contributed by atoms with van der Waals surface area (Å²) < 4.78 is 11.5. The van der Waals surface area contributed by atoms with E-state index in [4.69, 9.17) is 14.4 Å². The maximum Gasteiger partial charge on any atom is 0.160 e. The van der Waals surface area contributed by atoms with Crippen LogP contribution in [0.3, 0.4) is 0 Å². The van der Waals surface area contributed by atoms with Gasteiger partial charge in [0.2, 0.25) is 0 Å². The molecule has 0 N–H and O–H groups in total. The Balaban J connectivity index is 0.848. The summed E-state index contributed by atoms with van der Waals surface area (Å²) in [4.78, 5) is 10.2. The molecule has 15 rings (SSSR count). The zero-order valence-corrected chi connectivity index (χ0v) is 39.6. The highest BCUT2D eigenvalue weighted by molar-refractivity contribution is 6.18. The number of aromatic nitrogens is 4. The predicted molar refractivity (Wildman–Crippen MR) is 297 cm³/mol. The van der Waals surface area contributed by atoms with Crippen LogP contribution in [0.25, 0.3) is 133 Å². The van der Waals surface area contributed by atoms with Gasteiger partial charge in [0.15, 0.2) is 5.82 Å². The number of rotatable bonds is 6. The molecule has 72 heavy (non-hydrogen) atoms. The van der Waals surface area contributed by atoms with Crippen LogP contribution in [0.5, 0.6) is 0 Å². The van der Waals surface area contributed by atoms with Crippen molar-refractivity contribution in [3.05, 3.63) is 242 Å². The molecule has 1 aliphatic rings. The lowest BCUT2D eigenvalue weighted by Crippen LogP contribution is -2.14. The van der Waals surface area contributed by atoms with E-state index in [0.717, 1.165) is 78.0 Å². The van der Waals surface area contributed by atoms with E-state index < -0.39 is 0 Å². The van der Waals surface area contributed by atoms with E-state index >= 15 is 0 Å². The second kappa shape index (κ2) is 15.3. The summed E-state index contributed by atoms with van der Waals surface area (Å²) in [6.07, 6.45) is 0. The average molecular weight is 921 g/mol. The molecule has 0 saturated heterocycles. The summed E-state index contributed by atoms with van der Waals surface area (Å²) in [7, 11) is 0. The molecule has 0 spiro atoms. The number of benzene rings is 10. The molecule has 4 aromatic heterocycles. The van der Waals surface area contributed by atoms with Gasteiger partial charge in [0.1, 0.15) is 11.2 Å². The zero-order chi connectivity index (χ0) is 47.7. The minimum Gasteiger partial charge on any atom is -0.456 e. The first-order chi connectivity index (χ1) is 35.4. The zero-order valence-electron chi connectivity index (χ0n) is 39.6. The van der Waals surface area contributed by atoms with E-state index in [9.17, 15) is 0 Å². The molecule has 0 bridgehead atoms. The quantitative estimate of drug-likeness (QED) is 0.167. The largest absolute Gasteiger partial charge is 0.456 e. The third-order valence-corrected chi connectivity index (χ3v) is 15.3. The normalized spacial score (nSPS) is 13.0. The molecule has 5 nitrogen and oxygen atoms in total. The minimum atomic E-state index is -0.0983. The van der Waals surface area contributed by atoms with Crippen LogP contribution in [0.15, 0.2) is 235 Å². The molecule has 338 valence electrons. The highest BCUT2D eigenvalue weighted by Crippen LogP contribution is 2.51. The molecular formula is C67H44N4O. The maximum absolute atomic E-state index is 6.75. The summed E-state index contributed by atoms with van der Waals surface area (Å²) in [5, 5.41) is 7.05. The number of nitrogens with zero attached hydrogens (tertiary/aromatic N) is 4. The molecule has 0 amide bonds. The van der Waals surface area contributed by atoms with Gasteiger partial charge in [-0.25, -0.2) is 9.97 Å². The van der Waals surface area contributed by atoms with E-state index in [0.29, 0.717) is 5.82 Å². The summed E-state index contributed by atoms with van der Waals surface area (Å²) in [5.41, 5.74) is 21.0.